The molecule has 2 amide bonds. The number of hydrogen-bond acceptors (Lipinski definition) is 3. The number of benzene rings is 1. The van der Waals surface area contributed by atoms with Crippen LogP contribution in [0, 0.1) is 17.3 Å². The van der Waals surface area contributed by atoms with E-state index in [1.807, 2.05) is 29.2 Å². The van der Waals surface area contributed by atoms with Gasteiger partial charge in [0.2, 0.25) is 11.8 Å². The first-order valence-electron chi connectivity index (χ1n) is 10.8. The molecule has 1 aliphatic heterocycles. The molecule has 0 aromatic heterocycles. The Balaban J connectivity index is 1.17. The predicted molar refractivity (Wildman–Crippen MR) is 107 cm³/mol. The van der Waals surface area contributed by atoms with Crippen molar-refractivity contribution < 1.29 is 14.7 Å². The maximum absolute atomic E-state index is 12.7. The molecule has 1 aromatic rings. The van der Waals surface area contributed by atoms with Gasteiger partial charge in [0.15, 0.2) is 0 Å². The fourth-order valence-electron chi connectivity index (χ4n) is 6.93. The average molecular weight is 383 g/mol. The van der Waals surface area contributed by atoms with E-state index in [2.05, 4.69) is 5.32 Å². The zero-order valence-corrected chi connectivity index (χ0v) is 16.5. The summed E-state index contributed by atoms with van der Waals surface area (Å²) in [5.74, 6) is 1.52. The minimum Gasteiger partial charge on any atom is -0.390 e. The van der Waals surface area contributed by atoms with E-state index >= 15 is 0 Å². The van der Waals surface area contributed by atoms with Gasteiger partial charge < -0.3 is 15.3 Å². The zero-order chi connectivity index (χ0) is 19.4. The topological polar surface area (TPSA) is 69.6 Å². The van der Waals surface area contributed by atoms with Crippen LogP contribution in [-0.2, 0) is 16.1 Å². The molecule has 0 spiro atoms. The molecule has 4 bridgehead atoms. The molecule has 2 N–H and O–H groups in total. The molecule has 4 saturated carbocycles. The molecule has 5 fully saturated rings. The Morgan fingerprint density at radius 3 is 2.46 bits per heavy atom. The van der Waals surface area contributed by atoms with Gasteiger partial charge in [-0.15, -0.1) is 0 Å². The van der Waals surface area contributed by atoms with Gasteiger partial charge in [-0.2, -0.15) is 0 Å². The molecule has 2 unspecified atom stereocenters. The highest BCUT2D eigenvalue weighted by atomic mass is 16.3. The summed E-state index contributed by atoms with van der Waals surface area (Å²) in [5, 5.41) is 13.9. The summed E-state index contributed by atoms with van der Waals surface area (Å²) in [5.41, 5.74) is 1.50. The smallest absolute Gasteiger partial charge is 0.227 e. The van der Waals surface area contributed by atoms with Crippen LogP contribution in [0.2, 0.25) is 0 Å². The molecular formula is C23H30N2O3. The molecular weight excluding hydrogens is 352 g/mol. The fraction of sp³-hybridized carbons (Fsp3) is 0.652. The zero-order valence-electron chi connectivity index (χ0n) is 16.5. The molecule has 4 aliphatic carbocycles. The lowest BCUT2D eigenvalue weighted by molar-refractivity contribution is -0.169. The van der Waals surface area contributed by atoms with E-state index < -0.39 is 5.60 Å². The minimum atomic E-state index is -0.507. The Kier molecular flexibility index (Phi) is 4.27. The van der Waals surface area contributed by atoms with Crippen LogP contribution in [0.5, 0.6) is 0 Å². The van der Waals surface area contributed by atoms with E-state index in [4.69, 9.17) is 0 Å². The third-order valence-corrected chi connectivity index (χ3v) is 7.50. The van der Waals surface area contributed by atoms with Crippen molar-refractivity contribution in [1.29, 1.82) is 0 Å². The van der Waals surface area contributed by atoms with Crippen molar-refractivity contribution in [2.24, 2.45) is 17.3 Å². The van der Waals surface area contributed by atoms with Crippen LogP contribution in [-0.4, -0.2) is 29.1 Å². The lowest BCUT2D eigenvalue weighted by Crippen LogP contribution is -2.56. The molecule has 5 nitrogen and oxygen atoms in total. The van der Waals surface area contributed by atoms with Crippen LogP contribution < -0.4 is 10.2 Å². The number of amides is 2. The molecule has 4 atom stereocenters. The van der Waals surface area contributed by atoms with E-state index in [-0.39, 0.29) is 17.2 Å². The maximum Gasteiger partial charge on any atom is 0.227 e. The summed E-state index contributed by atoms with van der Waals surface area (Å²) in [6.45, 7) is 1.31. The highest BCUT2D eigenvalue weighted by Crippen LogP contribution is 2.62. The standard InChI is InChI=1S/C23H30N2O3/c26-20(13-22-9-17-8-18(10-22)12-23(28,11-17)15-22)24-14-16-3-5-19(6-4-16)25-7-1-2-21(25)27/h3-6,17-18,28H,1-2,7-15H2,(H,24,26)/t17-,18+,22?,23?. The summed E-state index contributed by atoms with van der Waals surface area (Å²) in [4.78, 5) is 26.4. The quantitative estimate of drug-likeness (QED) is 0.822. The Morgan fingerprint density at radius 1 is 1.14 bits per heavy atom. The van der Waals surface area contributed by atoms with Gasteiger partial charge in [0, 0.05) is 31.6 Å². The van der Waals surface area contributed by atoms with E-state index in [1.54, 1.807) is 0 Å². The van der Waals surface area contributed by atoms with Crippen molar-refractivity contribution in [3.8, 4) is 0 Å². The third-order valence-electron chi connectivity index (χ3n) is 7.50. The Labute approximate surface area is 166 Å². The van der Waals surface area contributed by atoms with Gasteiger partial charge in [-0.3, -0.25) is 9.59 Å². The molecule has 1 saturated heterocycles. The highest BCUT2D eigenvalue weighted by Gasteiger charge is 2.57. The second kappa shape index (κ2) is 6.58. The third kappa shape index (κ3) is 3.34. The molecule has 6 rings (SSSR count). The molecule has 5 aliphatic rings. The molecule has 0 radical (unpaired) electrons. The number of hydrogen-bond donors (Lipinski definition) is 2. The summed E-state index contributed by atoms with van der Waals surface area (Å²) >= 11 is 0. The van der Waals surface area contributed by atoms with Gasteiger partial charge >= 0.3 is 0 Å². The number of aliphatic hydroxyl groups is 1. The molecule has 28 heavy (non-hydrogen) atoms. The monoisotopic (exact) mass is 382 g/mol. The van der Waals surface area contributed by atoms with Crippen molar-refractivity contribution in [3.63, 3.8) is 0 Å². The fourth-order valence-corrected chi connectivity index (χ4v) is 6.93. The Bertz CT molecular complexity index is 774. The van der Waals surface area contributed by atoms with Crippen LogP contribution in [0.15, 0.2) is 24.3 Å². The van der Waals surface area contributed by atoms with Crippen LogP contribution in [0.3, 0.4) is 0 Å². The number of anilines is 1. The largest absolute Gasteiger partial charge is 0.390 e. The Morgan fingerprint density at radius 2 is 1.86 bits per heavy atom. The SMILES string of the molecule is O=C(CC12C[C@@H]3C[C@@H](CC(O)(C3)C1)C2)NCc1ccc(N2CCCC2=O)cc1. The number of rotatable bonds is 5. The number of nitrogens with one attached hydrogen (secondary N) is 1. The number of nitrogens with zero attached hydrogens (tertiary/aromatic N) is 1. The number of carbonyl (C=O) groups excluding carboxylic acids is 2. The first-order valence-corrected chi connectivity index (χ1v) is 10.8. The van der Waals surface area contributed by atoms with Gasteiger partial charge in [-0.05, 0) is 79.9 Å². The molecule has 150 valence electrons. The van der Waals surface area contributed by atoms with Gasteiger partial charge in [0.25, 0.3) is 0 Å². The molecule has 5 heteroatoms. The average Bonchev–Trinajstić information content (AvgIpc) is 3.04. The van der Waals surface area contributed by atoms with Crippen LogP contribution >= 0.6 is 0 Å². The van der Waals surface area contributed by atoms with Crippen molar-refractivity contribution >= 4 is 17.5 Å². The van der Waals surface area contributed by atoms with Gasteiger partial charge in [0.1, 0.15) is 0 Å². The van der Waals surface area contributed by atoms with E-state index in [1.165, 1.54) is 6.42 Å². The first kappa shape index (κ1) is 18.2. The van der Waals surface area contributed by atoms with Gasteiger partial charge in [-0.25, -0.2) is 0 Å². The maximum atomic E-state index is 12.7. The van der Waals surface area contributed by atoms with E-state index in [0.29, 0.717) is 31.2 Å². The van der Waals surface area contributed by atoms with Gasteiger partial charge in [0.05, 0.1) is 5.60 Å². The van der Waals surface area contributed by atoms with Crippen molar-refractivity contribution in [3.05, 3.63) is 29.8 Å². The normalized spacial score (nSPS) is 36.2. The molecule has 1 aromatic carbocycles. The second-order valence-electron chi connectivity index (χ2n) is 9.95. The van der Waals surface area contributed by atoms with Crippen molar-refractivity contribution in [1.82, 2.24) is 5.32 Å². The summed E-state index contributed by atoms with van der Waals surface area (Å²) in [6, 6.07) is 7.93. The van der Waals surface area contributed by atoms with Crippen LogP contribution in [0.4, 0.5) is 5.69 Å². The van der Waals surface area contributed by atoms with Gasteiger partial charge in [-0.1, -0.05) is 12.1 Å². The van der Waals surface area contributed by atoms with Crippen molar-refractivity contribution in [2.75, 3.05) is 11.4 Å². The molecule has 1 heterocycles. The minimum absolute atomic E-state index is 0.0168. The lowest BCUT2D eigenvalue weighted by atomic mass is 9.47. The lowest BCUT2D eigenvalue weighted by Gasteiger charge is -2.60. The second-order valence-corrected chi connectivity index (χ2v) is 9.95. The van der Waals surface area contributed by atoms with Crippen LogP contribution in [0.25, 0.3) is 0 Å². The summed E-state index contributed by atoms with van der Waals surface area (Å²) < 4.78 is 0. The van der Waals surface area contributed by atoms with Crippen LogP contribution in [0.1, 0.15) is 63.4 Å². The summed E-state index contributed by atoms with van der Waals surface area (Å²) in [6.07, 6.45) is 8.26. The number of carbonyl (C=O) groups is 2. The Hall–Kier alpha value is -1.88. The highest BCUT2D eigenvalue weighted by molar-refractivity contribution is 5.95. The van der Waals surface area contributed by atoms with E-state index in [0.717, 1.165) is 56.3 Å². The summed E-state index contributed by atoms with van der Waals surface area (Å²) in [7, 11) is 0. The van der Waals surface area contributed by atoms with Crippen molar-refractivity contribution in [2.45, 2.75) is 69.9 Å². The van der Waals surface area contributed by atoms with E-state index in [9.17, 15) is 14.7 Å². The predicted octanol–water partition coefficient (Wildman–Crippen LogP) is 3.15. The first-order chi connectivity index (χ1) is 13.4.